The lowest BCUT2D eigenvalue weighted by atomic mass is 10.2. The zero-order chi connectivity index (χ0) is 19.2. The Labute approximate surface area is 160 Å². The number of thiophene rings is 1. The highest BCUT2D eigenvalue weighted by molar-refractivity contribution is 7.18. The first-order valence-corrected chi connectivity index (χ1v) is 9.01. The predicted molar refractivity (Wildman–Crippen MR) is 103 cm³/mol. The zero-order valence-corrected chi connectivity index (χ0v) is 15.7. The van der Waals surface area contributed by atoms with Gasteiger partial charge >= 0.3 is 5.97 Å². The summed E-state index contributed by atoms with van der Waals surface area (Å²) in [5, 5.41) is 3.34. The average Bonchev–Trinajstić information content (AvgIpc) is 3.15. The standard InChI is InChI=1S/C20H18N2O4S/c1-13-4-3-5-15(21-13)12-26-20(24)17-10-11-18(27-17)22-19(23)14-6-8-16(25-2)9-7-14/h3-11H,12H2,1-2H3,(H,22,23). The molecule has 3 aromatic rings. The SMILES string of the molecule is COc1ccc(C(=O)Nc2ccc(C(=O)OCc3cccc(C)n3)s2)cc1. The Morgan fingerprint density at radius 2 is 1.85 bits per heavy atom. The van der Waals surface area contributed by atoms with E-state index in [0.717, 1.165) is 17.0 Å². The van der Waals surface area contributed by atoms with Crippen LogP contribution in [0.1, 0.15) is 31.4 Å². The fraction of sp³-hybridized carbons (Fsp3) is 0.150. The van der Waals surface area contributed by atoms with Crippen LogP contribution in [-0.4, -0.2) is 24.0 Å². The van der Waals surface area contributed by atoms with Crippen LogP contribution in [0.25, 0.3) is 0 Å². The Morgan fingerprint density at radius 1 is 1.07 bits per heavy atom. The van der Waals surface area contributed by atoms with Gasteiger partial charge in [0, 0.05) is 11.3 Å². The molecule has 138 valence electrons. The molecule has 0 bridgehead atoms. The van der Waals surface area contributed by atoms with E-state index < -0.39 is 5.97 Å². The van der Waals surface area contributed by atoms with E-state index in [1.54, 1.807) is 49.6 Å². The third-order valence-corrected chi connectivity index (χ3v) is 4.67. The van der Waals surface area contributed by atoms with Gasteiger partial charge in [0.1, 0.15) is 17.2 Å². The van der Waals surface area contributed by atoms with Crippen molar-refractivity contribution in [1.82, 2.24) is 4.98 Å². The quantitative estimate of drug-likeness (QED) is 0.650. The predicted octanol–water partition coefficient (Wildman–Crippen LogP) is 4.07. The van der Waals surface area contributed by atoms with Crippen molar-refractivity contribution in [3.05, 3.63) is 76.4 Å². The number of anilines is 1. The molecule has 1 N–H and O–H groups in total. The molecule has 0 spiro atoms. The number of pyridine rings is 1. The van der Waals surface area contributed by atoms with Gasteiger partial charge < -0.3 is 14.8 Å². The maximum absolute atomic E-state index is 12.3. The smallest absolute Gasteiger partial charge is 0.348 e. The molecule has 0 atom stereocenters. The fourth-order valence-corrected chi connectivity index (χ4v) is 3.13. The number of nitrogens with zero attached hydrogens (tertiary/aromatic N) is 1. The number of aryl methyl sites for hydroxylation is 1. The number of benzene rings is 1. The van der Waals surface area contributed by atoms with E-state index in [0.29, 0.717) is 26.9 Å². The van der Waals surface area contributed by atoms with E-state index in [1.807, 2.05) is 19.1 Å². The molecule has 0 fully saturated rings. The van der Waals surface area contributed by atoms with E-state index in [9.17, 15) is 9.59 Å². The number of rotatable bonds is 6. The number of nitrogens with one attached hydrogen (secondary N) is 1. The van der Waals surface area contributed by atoms with Gasteiger partial charge in [-0.25, -0.2) is 4.79 Å². The summed E-state index contributed by atoms with van der Waals surface area (Å²) in [5.74, 6) is -0.0348. The molecule has 7 heteroatoms. The molecule has 0 unspecified atom stereocenters. The van der Waals surface area contributed by atoms with Gasteiger partial charge in [-0.05, 0) is 55.5 Å². The molecule has 0 saturated carbocycles. The Morgan fingerprint density at radius 3 is 2.56 bits per heavy atom. The molecule has 6 nitrogen and oxygen atoms in total. The summed E-state index contributed by atoms with van der Waals surface area (Å²) < 4.78 is 10.4. The van der Waals surface area contributed by atoms with E-state index >= 15 is 0 Å². The van der Waals surface area contributed by atoms with E-state index in [-0.39, 0.29) is 12.5 Å². The van der Waals surface area contributed by atoms with Crippen molar-refractivity contribution >= 4 is 28.2 Å². The first-order valence-electron chi connectivity index (χ1n) is 8.20. The molecule has 0 aliphatic carbocycles. The third kappa shape index (κ3) is 4.92. The van der Waals surface area contributed by atoms with Crippen molar-refractivity contribution in [2.75, 3.05) is 12.4 Å². The number of amides is 1. The molecular formula is C20H18N2O4S. The van der Waals surface area contributed by atoms with Crippen LogP contribution >= 0.6 is 11.3 Å². The van der Waals surface area contributed by atoms with Crippen molar-refractivity contribution in [2.45, 2.75) is 13.5 Å². The molecule has 27 heavy (non-hydrogen) atoms. The minimum Gasteiger partial charge on any atom is -0.497 e. The largest absolute Gasteiger partial charge is 0.497 e. The minimum absolute atomic E-state index is 0.103. The van der Waals surface area contributed by atoms with Gasteiger partial charge in [0.25, 0.3) is 5.91 Å². The van der Waals surface area contributed by atoms with Gasteiger partial charge in [0.05, 0.1) is 17.8 Å². The maximum atomic E-state index is 12.3. The van der Waals surface area contributed by atoms with E-state index in [1.165, 1.54) is 0 Å². The molecule has 3 rings (SSSR count). The molecule has 0 aliphatic heterocycles. The second kappa shape index (κ2) is 8.46. The number of carbonyl (C=O) groups excluding carboxylic acids is 2. The van der Waals surface area contributed by atoms with Crippen LogP contribution in [0.2, 0.25) is 0 Å². The highest BCUT2D eigenvalue weighted by Gasteiger charge is 2.13. The minimum atomic E-state index is -0.451. The summed E-state index contributed by atoms with van der Waals surface area (Å²) in [5.41, 5.74) is 2.05. The first-order chi connectivity index (χ1) is 13.0. The molecule has 0 radical (unpaired) electrons. The van der Waals surface area contributed by atoms with Crippen molar-refractivity contribution < 1.29 is 19.1 Å². The average molecular weight is 382 g/mol. The fourth-order valence-electron chi connectivity index (χ4n) is 2.33. The number of hydrogen-bond acceptors (Lipinski definition) is 6. The molecule has 0 aliphatic rings. The molecule has 2 heterocycles. The van der Waals surface area contributed by atoms with Crippen LogP contribution in [0.5, 0.6) is 5.75 Å². The van der Waals surface area contributed by atoms with Crippen LogP contribution in [0.15, 0.2) is 54.6 Å². The number of aromatic nitrogens is 1. The Balaban J connectivity index is 1.58. The molecule has 0 saturated heterocycles. The number of carbonyl (C=O) groups is 2. The molecule has 1 amide bonds. The highest BCUT2D eigenvalue weighted by Crippen LogP contribution is 2.24. The third-order valence-electron chi connectivity index (χ3n) is 3.69. The van der Waals surface area contributed by atoms with Gasteiger partial charge in [-0.3, -0.25) is 9.78 Å². The number of esters is 1. The topological polar surface area (TPSA) is 77.5 Å². The van der Waals surface area contributed by atoms with Crippen molar-refractivity contribution in [1.29, 1.82) is 0 Å². The van der Waals surface area contributed by atoms with Gasteiger partial charge in [0.2, 0.25) is 0 Å². The lowest BCUT2D eigenvalue weighted by molar-refractivity contribution is 0.0473. The number of ether oxygens (including phenoxy) is 2. The Bertz CT molecular complexity index is 951. The van der Waals surface area contributed by atoms with Crippen LogP contribution < -0.4 is 10.1 Å². The van der Waals surface area contributed by atoms with Crippen LogP contribution in [0, 0.1) is 6.92 Å². The molecule has 2 aromatic heterocycles. The van der Waals surface area contributed by atoms with Crippen molar-refractivity contribution in [2.24, 2.45) is 0 Å². The monoisotopic (exact) mass is 382 g/mol. The first kappa shape index (κ1) is 18.6. The van der Waals surface area contributed by atoms with E-state index in [2.05, 4.69) is 10.3 Å². The second-order valence-corrected chi connectivity index (χ2v) is 6.78. The van der Waals surface area contributed by atoms with Gasteiger partial charge in [0.15, 0.2) is 0 Å². The highest BCUT2D eigenvalue weighted by atomic mass is 32.1. The van der Waals surface area contributed by atoms with E-state index in [4.69, 9.17) is 9.47 Å². The Kier molecular flexibility index (Phi) is 5.83. The maximum Gasteiger partial charge on any atom is 0.348 e. The number of hydrogen-bond donors (Lipinski definition) is 1. The molecular weight excluding hydrogens is 364 g/mol. The summed E-state index contributed by atoms with van der Waals surface area (Å²) in [4.78, 5) is 29.1. The summed E-state index contributed by atoms with van der Waals surface area (Å²) in [7, 11) is 1.57. The second-order valence-electron chi connectivity index (χ2n) is 5.69. The van der Waals surface area contributed by atoms with Gasteiger partial charge in [-0.15, -0.1) is 11.3 Å². The zero-order valence-electron chi connectivity index (χ0n) is 14.9. The summed E-state index contributed by atoms with van der Waals surface area (Å²) in [6, 6.07) is 15.6. The van der Waals surface area contributed by atoms with Gasteiger partial charge in [-0.1, -0.05) is 6.07 Å². The number of methoxy groups -OCH3 is 1. The Hall–Kier alpha value is -3.19. The van der Waals surface area contributed by atoms with Crippen molar-refractivity contribution in [3.8, 4) is 5.75 Å². The van der Waals surface area contributed by atoms with Gasteiger partial charge in [-0.2, -0.15) is 0 Å². The summed E-state index contributed by atoms with van der Waals surface area (Å²) in [6.07, 6.45) is 0. The summed E-state index contributed by atoms with van der Waals surface area (Å²) >= 11 is 1.16. The lowest BCUT2D eigenvalue weighted by Crippen LogP contribution is -2.10. The normalized spacial score (nSPS) is 10.3. The molecule has 1 aromatic carbocycles. The van der Waals surface area contributed by atoms with Crippen LogP contribution in [0.3, 0.4) is 0 Å². The van der Waals surface area contributed by atoms with Crippen molar-refractivity contribution in [3.63, 3.8) is 0 Å². The van der Waals surface area contributed by atoms with Crippen LogP contribution in [0.4, 0.5) is 5.00 Å². The van der Waals surface area contributed by atoms with Crippen LogP contribution in [-0.2, 0) is 11.3 Å². The summed E-state index contributed by atoms with van der Waals surface area (Å²) in [6.45, 7) is 1.98. The lowest BCUT2D eigenvalue weighted by Gasteiger charge is -2.04.